The fourth-order valence-electron chi connectivity index (χ4n) is 31.9. The van der Waals surface area contributed by atoms with Crippen molar-refractivity contribution in [3.05, 3.63) is 0 Å². The second-order valence-electron chi connectivity index (χ2n) is 43.3. The van der Waals surface area contributed by atoms with E-state index in [2.05, 4.69) is 103 Å². The van der Waals surface area contributed by atoms with Gasteiger partial charge in [0, 0.05) is 72.5 Å². The molecular weight excluding hydrogens is 1130 g/mol. The van der Waals surface area contributed by atoms with Gasteiger partial charge in [-0.3, -0.25) is 19.6 Å². The summed E-state index contributed by atoms with van der Waals surface area (Å²) < 4.78 is 0. The van der Waals surface area contributed by atoms with Crippen molar-refractivity contribution in [2.75, 3.05) is 0 Å². The van der Waals surface area contributed by atoms with Gasteiger partial charge in [-0.1, -0.05) is 134 Å². The lowest BCUT2D eigenvalue weighted by Crippen LogP contribution is -2.58. The van der Waals surface area contributed by atoms with Crippen molar-refractivity contribution < 1.29 is 0 Å². The van der Waals surface area contributed by atoms with E-state index in [9.17, 15) is 0 Å². The standard InChI is InChI=1S/C89H152N4/c1-85(2,3)61-37-49-81-73(53-61)69-21-13-17-25-77(69)90(81)65-41-29-57(30-42-65)89(58-31-43-66(44-32-58)91-78-26-18-14-22-70(78)74-54-62(86(4,5)6)38-50-82(74)91,59-33-45-67(46-34-59)92-79-27-19-15-23-71(79)75-55-63(87(7,8)9)39-51-83(75)92)60-35-47-68(48-36-60)93-80-28-20-16-24-72(80)76-56-64(88(10,11)12)40-52-84(76)93/h57-84H,13-56H2,1-12H3. The first-order valence-electron chi connectivity index (χ1n) is 43.7. The molecule has 528 valence electrons. The minimum absolute atomic E-state index is 0.462. The van der Waals surface area contributed by atoms with E-state index in [0.717, 1.165) is 167 Å². The summed E-state index contributed by atoms with van der Waals surface area (Å²) in [6.07, 6.45) is 68.0. The smallest absolute Gasteiger partial charge is 0.0133 e. The molecule has 0 aromatic carbocycles. The number of hydrogen-bond donors (Lipinski definition) is 0. The molecule has 16 aliphatic rings. The van der Waals surface area contributed by atoms with Crippen LogP contribution in [-0.2, 0) is 0 Å². The molecule has 4 aliphatic heterocycles. The van der Waals surface area contributed by atoms with Crippen LogP contribution in [0.15, 0.2) is 0 Å². The van der Waals surface area contributed by atoms with E-state index in [-0.39, 0.29) is 0 Å². The Morgan fingerprint density at radius 2 is 0.344 bits per heavy atom. The Morgan fingerprint density at radius 3 is 0.538 bits per heavy atom. The number of likely N-dealkylation sites (tertiary alicyclic amines) is 4. The van der Waals surface area contributed by atoms with Gasteiger partial charge in [-0.05, 0) is 353 Å². The van der Waals surface area contributed by atoms with E-state index >= 15 is 0 Å². The SMILES string of the molecule is CC(C)(C)C1CCC2C(C1)C1CCCCC1N2C1CCC(C(C2CCC(N3C4CCCCC4C4CC(C(C)(C)C)CCC43)CC2)(C2CCC(N3C4CCCCC4C4CC(C(C)(C)C)CCC43)CC2)C2CCC(N3C4CCCCC4C4CC(C(C)(C)C)CCC43)CC2)CC1. The molecular formula is C89H152N4. The summed E-state index contributed by atoms with van der Waals surface area (Å²) in [4.78, 5) is 13.8. The van der Waals surface area contributed by atoms with E-state index in [0.29, 0.717) is 27.1 Å². The van der Waals surface area contributed by atoms with Crippen LogP contribution in [0.2, 0.25) is 0 Å². The monoisotopic (exact) mass is 1280 g/mol. The van der Waals surface area contributed by atoms with Crippen molar-refractivity contribution >= 4 is 0 Å². The number of rotatable bonds is 8. The molecule has 4 heterocycles. The Balaban J connectivity index is 0.724. The second kappa shape index (κ2) is 26.3. The third-order valence-electron chi connectivity index (χ3n) is 36.0. The van der Waals surface area contributed by atoms with Crippen molar-refractivity contribution in [1.82, 2.24) is 19.6 Å². The Morgan fingerprint density at radius 1 is 0.172 bits per heavy atom. The van der Waals surface area contributed by atoms with Crippen molar-refractivity contribution in [3.63, 3.8) is 0 Å². The van der Waals surface area contributed by atoms with Crippen molar-refractivity contribution in [3.8, 4) is 0 Å². The first-order chi connectivity index (χ1) is 44.6. The van der Waals surface area contributed by atoms with Gasteiger partial charge in [0.25, 0.3) is 0 Å². The Hall–Kier alpha value is -0.160. The van der Waals surface area contributed by atoms with Gasteiger partial charge in [0.2, 0.25) is 0 Å². The van der Waals surface area contributed by atoms with E-state index in [1.54, 1.807) is 154 Å². The summed E-state index contributed by atoms with van der Waals surface area (Å²) in [5.74, 6) is 15.5. The molecule has 0 aromatic heterocycles. The van der Waals surface area contributed by atoms with Crippen LogP contribution in [0.1, 0.15) is 366 Å². The molecule has 0 radical (unpaired) electrons. The van der Waals surface area contributed by atoms with Crippen molar-refractivity contribution in [1.29, 1.82) is 0 Å². The summed E-state index contributed by atoms with van der Waals surface area (Å²) in [5.41, 5.74) is 2.39. The Bertz CT molecular complexity index is 2130. The molecule has 4 nitrogen and oxygen atoms in total. The average molecular weight is 1280 g/mol. The molecule has 0 spiro atoms. The van der Waals surface area contributed by atoms with Crippen molar-refractivity contribution in [2.24, 2.45) is 122 Å². The largest absolute Gasteiger partial charge is 0.294 e. The molecule has 93 heavy (non-hydrogen) atoms. The van der Waals surface area contributed by atoms with Gasteiger partial charge in [0.15, 0.2) is 0 Å². The fraction of sp³-hybridized carbons (Fsp3) is 1.00. The lowest BCUT2D eigenvalue weighted by atomic mass is 9.44. The highest BCUT2D eigenvalue weighted by molar-refractivity contribution is 5.16. The van der Waals surface area contributed by atoms with Crippen LogP contribution < -0.4 is 0 Å². The normalized spacial score (nSPS) is 49.7. The maximum absolute atomic E-state index is 3.44. The highest BCUT2D eigenvalue weighted by Gasteiger charge is 2.64. The molecule has 4 saturated heterocycles. The molecule has 20 unspecified atom stereocenters. The molecule has 16 fully saturated rings. The quantitative estimate of drug-likeness (QED) is 0.240. The van der Waals surface area contributed by atoms with Gasteiger partial charge < -0.3 is 0 Å². The second-order valence-corrected chi connectivity index (χ2v) is 43.3. The number of fused-ring (bicyclic) bond motifs is 12. The fourth-order valence-corrected chi connectivity index (χ4v) is 31.9. The van der Waals surface area contributed by atoms with Gasteiger partial charge in [-0.25, -0.2) is 0 Å². The summed E-state index contributed by atoms with van der Waals surface area (Å²) in [7, 11) is 0. The molecule has 12 saturated carbocycles. The van der Waals surface area contributed by atoms with Crippen LogP contribution in [0.4, 0.5) is 0 Å². The molecule has 12 aliphatic carbocycles. The third-order valence-corrected chi connectivity index (χ3v) is 36.0. The maximum Gasteiger partial charge on any atom is 0.0133 e. The lowest BCUT2D eigenvalue weighted by Gasteiger charge is -2.62. The molecule has 4 heteroatoms. The third kappa shape index (κ3) is 12.1. The lowest BCUT2D eigenvalue weighted by molar-refractivity contribution is -0.130. The zero-order valence-electron chi connectivity index (χ0n) is 63.6. The van der Waals surface area contributed by atoms with Gasteiger partial charge in [0.05, 0.1) is 0 Å². The molecule has 0 aromatic rings. The molecule has 20 atom stereocenters. The highest BCUT2D eigenvalue weighted by Crippen LogP contribution is 2.67. The van der Waals surface area contributed by atoms with Crippen LogP contribution in [-0.4, -0.2) is 92.1 Å². The number of nitrogens with zero attached hydrogens (tertiary/aromatic N) is 4. The zero-order valence-corrected chi connectivity index (χ0v) is 63.6. The first-order valence-corrected chi connectivity index (χ1v) is 43.7. The van der Waals surface area contributed by atoms with Gasteiger partial charge in [0.1, 0.15) is 0 Å². The zero-order chi connectivity index (χ0) is 64.1. The number of hydrogen-bond acceptors (Lipinski definition) is 4. The molecule has 0 amide bonds. The van der Waals surface area contributed by atoms with E-state index in [1.807, 2.05) is 0 Å². The molecule has 0 N–H and O–H groups in total. The topological polar surface area (TPSA) is 13.0 Å². The predicted octanol–water partition coefficient (Wildman–Crippen LogP) is 23.0. The minimum Gasteiger partial charge on any atom is -0.294 e. The van der Waals surface area contributed by atoms with Gasteiger partial charge >= 0.3 is 0 Å². The van der Waals surface area contributed by atoms with Crippen LogP contribution in [0, 0.1) is 122 Å². The van der Waals surface area contributed by atoms with E-state index in [1.165, 1.54) is 128 Å². The van der Waals surface area contributed by atoms with Gasteiger partial charge in [-0.2, -0.15) is 0 Å². The minimum atomic E-state index is 0.462. The Labute approximate surface area is 576 Å². The van der Waals surface area contributed by atoms with Crippen LogP contribution in [0.25, 0.3) is 0 Å². The first kappa shape index (κ1) is 67.3. The Kier molecular flexibility index (Phi) is 19.0. The summed E-state index contributed by atoms with van der Waals surface area (Å²) in [6, 6.07) is 10.7. The maximum atomic E-state index is 3.44. The van der Waals surface area contributed by atoms with E-state index in [4.69, 9.17) is 0 Å². The van der Waals surface area contributed by atoms with Crippen LogP contribution in [0.5, 0.6) is 0 Å². The van der Waals surface area contributed by atoms with Crippen LogP contribution >= 0.6 is 0 Å². The summed E-state index contributed by atoms with van der Waals surface area (Å²) >= 11 is 0. The molecule has 0 bridgehead atoms. The predicted molar refractivity (Wildman–Crippen MR) is 392 cm³/mol. The summed E-state index contributed by atoms with van der Waals surface area (Å²) in [6.45, 7) is 31.3. The molecule has 16 rings (SSSR count). The van der Waals surface area contributed by atoms with Gasteiger partial charge in [-0.15, -0.1) is 0 Å². The summed E-state index contributed by atoms with van der Waals surface area (Å²) in [5, 5.41) is 0. The van der Waals surface area contributed by atoms with E-state index < -0.39 is 0 Å². The highest BCUT2D eigenvalue weighted by atomic mass is 15.3. The van der Waals surface area contributed by atoms with Crippen LogP contribution in [0.3, 0.4) is 0 Å². The average Bonchev–Trinajstić information content (AvgIpc) is 1.75. The van der Waals surface area contributed by atoms with Crippen molar-refractivity contribution in [2.45, 2.75) is 438 Å².